The number of esters is 1. The molecule has 4 rings (SSSR count). The third-order valence-electron chi connectivity index (χ3n) is 8.23. The van der Waals surface area contributed by atoms with E-state index in [1.807, 2.05) is 43.3 Å². The highest BCUT2D eigenvalue weighted by molar-refractivity contribution is 5.94. The van der Waals surface area contributed by atoms with Crippen molar-refractivity contribution >= 4 is 11.9 Å². The van der Waals surface area contributed by atoms with Gasteiger partial charge in [-0.1, -0.05) is 51.1 Å². The average Bonchev–Trinajstić information content (AvgIpc) is 2.91. The van der Waals surface area contributed by atoms with Crippen LogP contribution in [0.2, 0.25) is 0 Å². The highest BCUT2D eigenvalue weighted by Gasteiger charge is 2.51. The average molecular weight is 561 g/mol. The van der Waals surface area contributed by atoms with Crippen molar-refractivity contribution in [2.24, 2.45) is 5.41 Å². The predicted octanol–water partition coefficient (Wildman–Crippen LogP) is 5.99. The Labute approximate surface area is 234 Å². The van der Waals surface area contributed by atoms with Gasteiger partial charge in [-0.2, -0.15) is 13.2 Å². The number of piperidine rings is 2. The number of benzene rings is 2. The van der Waals surface area contributed by atoms with Gasteiger partial charge in [-0.05, 0) is 68.5 Å². The van der Waals surface area contributed by atoms with Crippen LogP contribution < -0.4 is 4.74 Å². The molecule has 1 spiro atoms. The normalized spacial score (nSPS) is 19.9. The topological polar surface area (TPSA) is 59.1 Å². The van der Waals surface area contributed by atoms with Crippen LogP contribution in [0.5, 0.6) is 5.75 Å². The Hall–Kier alpha value is -3.07. The van der Waals surface area contributed by atoms with E-state index in [1.54, 1.807) is 12.1 Å². The van der Waals surface area contributed by atoms with Crippen LogP contribution in [-0.2, 0) is 21.5 Å². The van der Waals surface area contributed by atoms with Gasteiger partial charge in [0.1, 0.15) is 11.9 Å². The molecule has 2 aromatic carbocycles. The van der Waals surface area contributed by atoms with Crippen LogP contribution in [0.1, 0.15) is 68.4 Å². The quantitative estimate of drug-likeness (QED) is 0.407. The van der Waals surface area contributed by atoms with Gasteiger partial charge >= 0.3 is 12.1 Å². The van der Waals surface area contributed by atoms with Crippen molar-refractivity contribution in [2.45, 2.75) is 71.2 Å². The van der Waals surface area contributed by atoms with Crippen molar-refractivity contribution in [3.05, 3.63) is 65.2 Å². The number of nitrogens with zero attached hydrogens (tertiary/aromatic N) is 2. The molecule has 1 atom stereocenters. The monoisotopic (exact) mass is 560 g/mol. The lowest BCUT2D eigenvalue weighted by molar-refractivity contribution is -0.216. The van der Waals surface area contributed by atoms with Crippen LogP contribution >= 0.6 is 0 Å². The maximum atomic E-state index is 13.3. The Balaban J connectivity index is 1.48. The Morgan fingerprint density at radius 3 is 2.17 bits per heavy atom. The number of hydrogen-bond donors (Lipinski definition) is 0. The van der Waals surface area contributed by atoms with Crippen LogP contribution in [0.3, 0.4) is 0 Å². The van der Waals surface area contributed by atoms with E-state index in [0.29, 0.717) is 57.6 Å². The number of halogens is 3. The molecule has 2 aliphatic heterocycles. The molecule has 1 unspecified atom stereocenters. The SMILES string of the molecule is CCOc1ccccc1CN1CCC2(CC1)CCN(C(=O)c1ccc(C(C)(C)C)cc1)CC2OC(=O)C(F)(F)F. The van der Waals surface area contributed by atoms with Gasteiger partial charge in [0, 0.05) is 29.6 Å². The van der Waals surface area contributed by atoms with Crippen molar-refractivity contribution in [3.8, 4) is 5.75 Å². The maximum Gasteiger partial charge on any atom is 0.490 e. The molecular weight excluding hydrogens is 521 g/mol. The number of likely N-dealkylation sites (tertiary alicyclic amines) is 2. The lowest BCUT2D eigenvalue weighted by atomic mass is 9.69. The van der Waals surface area contributed by atoms with Gasteiger partial charge in [-0.25, -0.2) is 4.79 Å². The first-order chi connectivity index (χ1) is 18.8. The molecule has 2 fully saturated rings. The van der Waals surface area contributed by atoms with E-state index in [1.165, 1.54) is 4.90 Å². The molecule has 9 heteroatoms. The Morgan fingerprint density at radius 2 is 1.57 bits per heavy atom. The summed E-state index contributed by atoms with van der Waals surface area (Å²) in [6, 6.07) is 15.1. The molecule has 1 amide bonds. The third kappa shape index (κ3) is 6.79. The fraction of sp³-hybridized carbons (Fsp3) is 0.548. The summed E-state index contributed by atoms with van der Waals surface area (Å²) in [7, 11) is 0. The van der Waals surface area contributed by atoms with Crippen molar-refractivity contribution in [1.29, 1.82) is 0 Å². The molecule has 0 aromatic heterocycles. The lowest BCUT2D eigenvalue weighted by Crippen LogP contribution is -2.58. The first kappa shape index (κ1) is 29.9. The molecule has 0 bridgehead atoms. The van der Waals surface area contributed by atoms with Crippen LogP contribution in [0.4, 0.5) is 13.2 Å². The van der Waals surface area contributed by atoms with Crippen LogP contribution in [0.15, 0.2) is 48.5 Å². The van der Waals surface area contributed by atoms with Gasteiger partial charge in [0.2, 0.25) is 0 Å². The summed E-state index contributed by atoms with van der Waals surface area (Å²) in [6.45, 7) is 11.0. The van der Waals surface area contributed by atoms with E-state index in [-0.39, 0.29) is 17.9 Å². The molecule has 0 saturated carbocycles. The van der Waals surface area contributed by atoms with Crippen LogP contribution in [-0.4, -0.2) is 66.7 Å². The summed E-state index contributed by atoms with van der Waals surface area (Å²) in [4.78, 5) is 29.1. The minimum Gasteiger partial charge on any atom is -0.494 e. The fourth-order valence-electron chi connectivity index (χ4n) is 5.74. The van der Waals surface area contributed by atoms with Gasteiger partial charge in [0.05, 0.1) is 13.2 Å². The number of hydrogen-bond acceptors (Lipinski definition) is 5. The Bertz CT molecular complexity index is 1180. The highest BCUT2D eigenvalue weighted by Crippen LogP contribution is 2.44. The molecule has 0 aliphatic carbocycles. The second-order valence-electron chi connectivity index (χ2n) is 11.9. The zero-order chi connectivity index (χ0) is 29.1. The highest BCUT2D eigenvalue weighted by atomic mass is 19.4. The summed E-state index contributed by atoms with van der Waals surface area (Å²) >= 11 is 0. The summed E-state index contributed by atoms with van der Waals surface area (Å²) in [5.74, 6) is -1.65. The summed E-state index contributed by atoms with van der Waals surface area (Å²) in [5.41, 5.74) is 1.90. The Morgan fingerprint density at radius 1 is 0.950 bits per heavy atom. The van der Waals surface area contributed by atoms with Crippen LogP contribution in [0, 0.1) is 5.41 Å². The summed E-state index contributed by atoms with van der Waals surface area (Å²) in [5, 5.41) is 0. The number of para-hydroxylation sites is 1. The molecule has 40 heavy (non-hydrogen) atoms. The third-order valence-corrected chi connectivity index (χ3v) is 8.23. The minimum atomic E-state index is -5.10. The molecule has 6 nitrogen and oxygen atoms in total. The lowest BCUT2D eigenvalue weighted by Gasteiger charge is -2.51. The number of amides is 1. The predicted molar refractivity (Wildman–Crippen MR) is 146 cm³/mol. The van der Waals surface area contributed by atoms with Crippen molar-refractivity contribution in [1.82, 2.24) is 9.80 Å². The number of ether oxygens (including phenoxy) is 2. The van der Waals surface area contributed by atoms with Gasteiger partial charge in [-0.15, -0.1) is 0 Å². The second-order valence-corrected chi connectivity index (χ2v) is 11.9. The van der Waals surface area contributed by atoms with Gasteiger partial charge in [-0.3, -0.25) is 9.69 Å². The standard InChI is InChI=1S/C31H39F3N2O4/c1-5-39-25-9-7-6-8-23(25)20-35-17-14-30(15-18-35)16-19-36(21-26(30)40-28(38)31(32,33)34)27(37)22-10-12-24(13-11-22)29(2,3)4/h6-13,26H,5,14-21H2,1-4H3. The number of carbonyl (C=O) groups excluding carboxylic acids is 2. The van der Waals surface area contributed by atoms with Crippen molar-refractivity contribution in [2.75, 3.05) is 32.8 Å². The molecule has 2 heterocycles. The fourth-order valence-corrected chi connectivity index (χ4v) is 5.74. The van der Waals surface area contributed by atoms with Crippen molar-refractivity contribution in [3.63, 3.8) is 0 Å². The van der Waals surface area contributed by atoms with Crippen LogP contribution in [0.25, 0.3) is 0 Å². The Kier molecular flexibility index (Phi) is 8.83. The zero-order valence-electron chi connectivity index (χ0n) is 23.7. The first-order valence-corrected chi connectivity index (χ1v) is 13.9. The van der Waals surface area contributed by atoms with E-state index in [4.69, 9.17) is 9.47 Å². The molecule has 2 aromatic rings. The molecular formula is C31H39F3N2O4. The number of carbonyl (C=O) groups is 2. The summed E-state index contributed by atoms with van der Waals surface area (Å²) in [6.07, 6.45) is -4.52. The molecule has 218 valence electrons. The zero-order valence-corrected chi connectivity index (χ0v) is 23.7. The maximum absolute atomic E-state index is 13.3. The van der Waals surface area contributed by atoms with Gasteiger partial charge < -0.3 is 14.4 Å². The van der Waals surface area contributed by atoms with E-state index in [2.05, 4.69) is 25.7 Å². The smallest absolute Gasteiger partial charge is 0.490 e. The number of rotatable bonds is 6. The first-order valence-electron chi connectivity index (χ1n) is 13.9. The second kappa shape index (κ2) is 11.8. The number of alkyl halides is 3. The van der Waals surface area contributed by atoms with E-state index >= 15 is 0 Å². The van der Waals surface area contributed by atoms with Gasteiger partial charge in [0.25, 0.3) is 5.91 Å². The van der Waals surface area contributed by atoms with E-state index < -0.39 is 23.7 Å². The van der Waals surface area contributed by atoms with Gasteiger partial charge in [0.15, 0.2) is 0 Å². The molecule has 0 radical (unpaired) electrons. The molecule has 2 saturated heterocycles. The summed E-state index contributed by atoms with van der Waals surface area (Å²) < 4.78 is 50.6. The van der Waals surface area contributed by atoms with E-state index in [0.717, 1.165) is 16.9 Å². The molecule has 0 N–H and O–H groups in total. The minimum absolute atomic E-state index is 0.0607. The van der Waals surface area contributed by atoms with Crippen molar-refractivity contribution < 1.29 is 32.2 Å². The van der Waals surface area contributed by atoms with E-state index in [9.17, 15) is 22.8 Å². The largest absolute Gasteiger partial charge is 0.494 e. The molecule has 2 aliphatic rings.